The lowest BCUT2D eigenvalue weighted by Crippen LogP contribution is -2.54. The minimum atomic E-state index is -0.363. The maximum atomic E-state index is 13.6. The van der Waals surface area contributed by atoms with E-state index in [4.69, 9.17) is 4.99 Å². The van der Waals surface area contributed by atoms with Crippen molar-refractivity contribution in [2.45, 2.75) is 6.92 Å². The molecule has 3 aromatic rings. The first-order valence-electron chi connectivity index (χ1n) is 11.6. The smallest absolute Gasteiger partial charge is 0.247 e. The van der Waals surface area contributed by atoms with Crippen LogP contribution in [0.15, 0.2) is 84.5 Å². The van der Waals surface area contributed by atoms with E-state index in [0.29, 0.717) is 36.0 Å². The fourth-order valence-electron chi connectivity index (χ4n) is 3.93. The SMILES string of the molecule is C=C(N=C(c1ccc(F)cc1)N(C)CC(=O)N1CCN(c2ccccn2)C(=O)C1)c1ccc(C)cc1.F. The highest BCUT2D eigenvalue weighted by molar-refractivity contribution is 6.03. The van der Waals surface area contributed by atoms with Crippen LogP contribution >= 0.6 is 0 Å². The van der Waals surface area contributed by atoms with E-state index in [1.54, 1.807) is 47.3 Å². The molecule has 1 aliphatic rings. The lowest BCUT2D eigenvalue weighted by atomic mass is 10.1. The third-order valence-electron chi connectivity index (χ3n) is 5.96. The Morgan fingerprint density at radius 3 is 2.35 bits per heavy atom. The highest BCUT2D eigenvalue weighted by atomic mass is 19.1. The van der Waals surface area contributed by atoms with Crippen molar-refractivity contribution < 1.29 is 18.7 Å². The summed E-state index contributed by atoms with van der Waals surface area (Å²) >= 11 is 0. The Balaban J connectivity index is 0.00000380. The van der Waals surface area contributed by atoms with Crippen molar-refractivity contribution in [3.8, 4) is 0 Å². The van der Waals surface area contributed by atoms with E-state index in [2.05, 4.69) is 11.6 Å². The normalized spacial score (nSPS) is 13.7. The van der Waals surface area contributed by atoms with Gasteiger partial charge in [-0.3, -0.25) is 19.2 Å². The van der Waals surface area contributed by atoms with Crippen LogP contribution in [0.1, 0.15) is 16.7 Å². The summed E-state index contributed by atoms with van der Waals surface area (Å²) in [6.45, 7) is 6.83. The zero-order chi connectivity index (χ0) is 25.7. The minimum Gasteiger partial charge on any atom is -0.350 e. The molecule has 1 fully saturated rings. The number of hydrogen-bond donors (Lipinski definition) is 0. The van der Waals surface area contributed by atoms with Gasteiger partial charge in [-0.25, -0.2) is 14.4 Å². The van der Waals surface area contributed by atoms with Crippen LogP contribution in [0.25, 0.3) is 5.70 Å². The average molecular weight is 506 g/mol. The lowest BCUT2D eigenvalue weighted by molar-refractivity contribution is -0.137. The number of carbonyl (C=O) groups is 2. The number of halogens is 2. The fourth-order valence-corrected chi connectivity index (χ4v) is 3.93. The van der Waals surface area contributed by atoms with Crippen LogP contribution in [0, 0.1) is 12.7 Å². The molecule has 192 valence electrons. The van der Waals surface area contributed by atoms with Gasteiger partial charge in [0, 0.05) is 31.9 Å². The molecule has 0 aliphatic carbocycles. The Morgan fingerprint density at radius 1 is 1.05 bits per heavy atom. The molecule has 1 aliphatic heterocycles. The number of amidine groups is 1. The molecule has 37 heavy (non-hydrogen) atoms. The summed E-state index contributed by atoms with van der Waals surface area (Å²) in [6.07, 6.45) is 1.63. The van der Waals surface area contributed by atoms with Crippen LogP contribution in [0.3, 0.4) is 0 Å². The summed E-state index contributed by atoms with van der Waals surface area (Å²) in [6, 6.07) is 19.1. The van der Waals surface area contributed by atoms with Crippen LogP contribution in [0.4, 0.5) is 14.9 Å². The highest BCUT2D eigenvalue weighted by Crippen LogP contribution is 2.19. The molecule has 2 amide bonds. The number of hydrogen-bond acceptors (Lipinski definition) is 4. The second-order valence-electron chi connectivity index (χ2n) is 8.66. The van der Waals surface area contributed by atoms with Gasteiger partial charge in [-0.15, -0.1) is 0 Å². The maximum Gasteiger partial charge on any atom is 0.247 e. The van der Waals surface area contributed by atoms with Gasteiger partial charge in [-0.1, -0.05) is 42.5 Å². The second-order valence-corrected chi connectivity index (χ2v) is 8.66. The van der Waals surface area contributed by atoms with Crippen LogP contribution in [-0.4, -0.2) is 65.7 Å². The van der Waals surface area contributed by atoms with Gasteiger partial charge in [0.05, 0.1) is 12.2 Å². The largest absolute Gasteiger partial charge is 0.350 e. The molecule has 1 aromatic heterocycles. The Kier molecular flexibility index (Phi) is 8.84. The summed E-state index contributed by atoms with van der Waals surface area (Å²) < 4.78 is 13.6. The number of rotatable bonds is 6. The molecule has 0 spiro atoms. The number of anilines is 1. The lowest BCUT2D eigenvalue weighted by Gasteiger charge is -2.34. The van der Waals surface area contributed by atoms with E-state index >= 15 is 0 Å². The van der Waals surface area contributed by atoms with Crippen molar-refractivity contribution in [3.63, 3.8) is 0 Å². The monoisotopic (exact) mass is 505 g/mol. The zero-order valence-electron chi connectivity index (χ0n) is 20.8. The van der Waals surface area contributed by atoms with E-state index in [1.165, 1.54) is 17.0 Å². The number of amides is 2. The van der Waals surface area contributed by atoms with E-state index in [9.17, 15) is 14.0 Å². The summed E-state index contributed by atoms with van der Waals surface area (Å²) in [7, 11) is 1.74. The number of carbonyl (C=O) groups excluding carboxylic acids is 2. The highest BCUT2D eigenvalue weighted by Gasteiger charge is 2.29. The molecule has 0 saturated carbocycles. The van der Waals surface area contributed by atoms with Crippen molar-refractivity contribution in [2.75, 3.05) is 38.1 Å². The van der Waals surface area contributed by atoms with Crippen molar-refractivity contribution in [1.82, 2.24) is 14.8 Å². The average Bonchev–Trinajstić information content (AvgIpc) is 2.88. The summed E-state index contributed by atoms with van der Waals surface area (Å²) in [5, 5.41) is 0. The third kappa shape index (κ3) is 6.63. The molecule has 0 atom stereocenters. The molecule has 7 nitrogen and oxygen atoms in total. The fraction of sp³-hybridized carbons (Fsp3) is 0.214. The number of likely N-dealkylation sites (N-methyl/N-ethyl adjacent to an activating group) is 1. The molecule has 2 heterocycles. The van der Waals surface area contributed by atoms with Gasteiger partial charge >= 0.3 is 0 Å². The number of aromatic nitrogens is 1. The van der Waals surface area contributed by atoms with Gasteiger partial charge in [0.25, 0.3) is 0 Å². The van der Waals surface area contributed by atoms with Crippen LogP contribution in [0.5, 0.6) is 0 Å². The number of benzene rings is 2. The van der Waals surface area contributed by atoms with Gasteiger partial charge in [0.2, 0.25) is 11.8 Å². The Labute approximate surface area is 214 Å². The predicted molar refractivity (Wildman–Crippen MR) is 141 cm³/mol. The van der Waals surface area contributed by atoms with Crippen molar-refractivity contribution in [2.24, 2.45) is 4.99 Å². The number of aryl methyl sites for hydroxylation is 1. The summed E-state index contributed by atoms with van der Waals surface area (Å²) in [4.78, 5) is 39.6. The van der Waals surface area contributed by atoms with Gasteiger partial charge in [-0.05, 0) is 48.9 Å². The van der Waals surface area contributed by atoms with E-state index in [1.807, 2.05) is 37.3 Å². The van der Waals surface area contributed by atoms with Gasteiger partial charge < -0.3 is 9.80 Å². The van der Waals surface area contributed by atoms with Crippen LogP contribution in [0.2, 0.25) is 0 Å². The Morgan fingerprint density at radius 2 is 1.73 bits per heavy atom. The topological polar surface area (TPSA) is 69.1 Å². The molecule has 1 saturated heterocycles. The van der Waals surface area contributed by atoms with Crippen molar-refractivity contribution in [1.29, 1.82) is 0 Å². The van der Waals surface area contributed by atoms with Gasteiger partial charge in [0.1, 0.15) is 24.0 Å². The summed E-state index contributed by atoms with van der Waals surface area (Å²) in [5.41, 5.74) is 3.13. The first-order valence-corrected chi connectivity index (χ1v) is 11.6. The minimum absolute atomic E-state index is 0. The second kappa shape index (κ2) is 12.0. The van der Waals surface area contributed by atoms with Gasteiger partial charge in [-0.2, -0.15) is 0 Å². The number of piperazine rings is 1. The third-order valence-corrected chi connectivity index (χ3v) is 5.96. The predicted octanol–water partition coefficient (Wildman–Crippen LogP) is 3.91. The molecular formula is C28H29F2N5O2. The molecule has 0 N–H and O–H groups in total. The maximum absolute atomic E-state index is 13.6. The van der Waals surface area contributed by atoms with Crippen molar-refractivity contribution in [3.05, 3.63) is 102 Å². The van der Waals surface area contributed by atoms with E-state index < -0.39 is 0 Å². The standard InChI is InChI=1S/C28H28FN5O2.FH/c1-20-7-9-22(10-8-20)21(2)31-28(23-11-13-24(29)14-12-23)32(3)18-26(35)33-16-17-34(27(36)19-33)25-6-4-5-15-30-25;/h4-15H,2,16-19H2,1,3H3;1H. The first-order chi connectivity index (χ1) is 17.3. The van der Waals surface area contributed by atoms with Crippen LogP contribution in [-0.2, 0) is 9.59 Å². The first kappa shape index (κ1) is 27.2. The van der Waals surface area contributed by atoms with Crippen molar-refractivity contribution >= 4 is 29.2 Å². The Hall–Kier alpha value is -4.40. The molecule has 4 rings (SSSR count). The molecule has 9 heteroatoms. The Bertz CT molecular complexity index is 1280. The van der Waals surface area contributed by atoms with E-state index in [0.717, 1.165) is 11.1 Å². The van der Waals surface area contributed by atoms with Crippen LogP contribution < -0.4 is 4.90 Å². The van der Waals surface area contributed by atoms with E-state index in [-0.39, 0.29) is 35.4 Å². The van der Waals surface area contributed by atoms with Gasteiger partial charge in [0.15, 0.2) is 0 Å². The number of pyridine rings is 1. The molecule has 2 aromatic carbocycles. The zero-order valence-corrected chi connectivity index (χ0v) is 20.8. The summed E-state index contributed by atoms with van der Waals surface area (Å²) in [5.74, 6) is 0.302. The molecule has 0 unspecified atom stereocenters. The molecular weight excluding hydrogens is 476 g/mol. The molecule has 0 bridgehead atoms. The number of aliphatic imine (C=N–C) groups is 1. The number of nitrogens with zero attached hydrogens (tertiary/aromatic N) is 5. The quantitative estimate of drug-likeness (QED) is 0.376. The molecule has 0 radical (unpaired) electrons.